The summed E-state index contributed by atoms with van der Waals surface area (Å²) in [7, 11) is 0. The van der Waals surface area contributed by atoms with Gasteiger partial charge in [-0.3, -0.25) is 9.36 Å². The van der Waals surface area contributed by atoms with Crippen molar-refractivity contribution in [1.29, 1.82) is 0 Å². The van der Waals surface area contributed by atoms with E-state index in [2.05, 4.69) is 20.9 Å². The van der Waals surface area contributed by atoms with Crippen molar-refractivity contribution in [2.24, 2.45) is 0 Å². The van der Waals surface area contributed by atoms with Crippen LogP contribution in [-0.4, -0.2) is 9.55 Å². The fraction of sp³-hybridized carbons (Fsp3) is 0.0667. The molecule has 0 spiro atoms. The van der Waals surface area contributed by atoms with E-state index in [0.717, 1.165) is 21.2 Å². The van der Waals surface area contributed by atoms with Gasteiger partial charge in [0, 0.05) is 4.47 Å². The summed E-state index contributed by atoms with van der Waals surface area (Å²) in [5.41, 5.74) is 2.52. The molecule has 19 heavy (non-hydrogen) atoms. The van der Waals surface area contributed by atoms with Crippen LogP contribution in [-0.2, 0) is 0 Å². The van der Waals surface area contributed by atoms with Crippen LogP contribution >= 0.6 is 15.9 Å². The number of nitrogens with zero attached hydrogens (tertiary/aromatic N) is 2. The maximum Gasteiger partial charge on any atom is 0.265 e. The highest BCUT2D eigenvalue weighted by Crippen LogP contribution is 2.16. The van der Waals surface area contributed by atoms with E-state index < -0.39 is 0 Å². The average molecular weight is 315 g/mol. The molecule has 0 unspecified atom stereocenters. The van der Waals surface area contributed by atoms with E-state index >= 15 is 0 Å². The van der Waals surface area contributed by atoms with Crippen molar-refractivity contribution in [1.82, 2.24) is 9.55 Å². The molecular formula is C15H11BrN2O. The van der Waals surface area contributed by atoms with Gasteiger partial charge in [0.1, 0.15) is 6.33 Å². The standard InChI is InChI=1S/C15H11BrN2O/c1-10-4-2-7-13-14(10)17-9-18(15(13)19)12-6-3-5-11(16)8-12/h2-9H,1H3. The van der Waals surface area contributed by atoms with Gasteiger partial charge in [-0.2, -0.15) is 0 Å². The molecule has 1 heterocycles. The molecule has 0 aliphatic carbocycles. The topological polar surface area (TPSA) is 34.9 Å². The lowest BCUT2D eigenvalue weighted by Crippen LogP contribution is -2.19. The van der Waals surface area contributed by atoms with Crippen molar-refractivity contribution < 1.29 is 0 Å². The van der Waals surface area contributed by atoms with Crippen LogP contribution < -0.4 is 5.56 Å². The summed E-state index contributed by atoms with van der Waals surface area (Å²) in [4.78, 5) is 16.9. The average Bonchev–Trinajstić information content (AvgIpc) is 2.40. The molecule has 0 aliphatic rings. The van der Waals surface area contributed by atoms with Gasteiger partial charge in [-0.25, -0.2) is 4.98 Å². The van der Waals surface area contributed by atoms with Crippen LogP contribution in [0.3, 0.4) is 0 Å². The van der Waals surface area contributed by atoms with Crippen molar-refractivity contribution in [3.8, 4) is 5.69 Å². The van der Waals surface area contributed by atoms with Crippen molar-refractivity contribution in [3.63, 3.8) is 0 Å². The van der Waals surface area contributed by atoms with E-state index in [1.54, 1.807) is 10.9 Å². The van der Waals surface area contributed by atoms with Gasteiger partial charge < -0.3 is 0 Å². The second-order valence-electron chi connectivity index (χ2n) is 4.37. The highest BCUT2D eigenvalue weighted by Gasteiger charge is 2.07. The Morgan fingerprint density at radius 1 is 1.16 bits per heavy atom. The first-order chi connectivity index (χ1) is 9.16. The number of benzene rings is 2. The molecule has 3 nitrogen and oxygen atoms in total. The minimum absolute atomic E-state index is 0.0493. The smallest absolute Gasteiger partial charge is 0.265 e. The van der Waals surface area contributed by atoms with E-state index in [1.807, 2.05) is 49.4 Å². The van der Waals surface area contributed by atoms with E-state index in [9.17, 15) is 4.79 Å². The molecule has 2 aromatic carbocycles. The molecule has 0 bridgehead atoms. The zero-order valence-electron chi connectivity index (χ0n) is 10.3. The van der Waals surface area contributed by atoms with E-state index in [-0.39, 0.29) is 5.56 Å². The van der Waals surface area contributed by atoms with Crippen LogP contribution in [0.15, 0.2) is 58.1 Å². The van der Waals surface area contributed by atoms with Crippen LogP contribution in [0.25, 0.3) is 16.6 Å². The molecule has 3 rings (SSSR count). The quantitative estimate of drug-likeness (QED) is 0.689. The number of fused-ring (bicyclic) bond motifs is 1. The van der Waals surface area contributed by atoms with Crippen molar-refractivity contribution >= 4 is 26.8 Å². The van der Waals surface area contributed by atoms with Gasteiger partial charge in [0.2, 0.25) is 0 Å². The molecular weight excluding hydrogens is 304 g/mol. The lowest BCUT2D eigenvalue weighted by Gasteiger charge is -2.08. The molecule has 94 valence electrons. The van der Waals surface area contributed by atoms with Crippen molar-refractivity contribution in [2.45, 2.75) is 6.92 Å². The first-order valence-corrected chi connectivity index (χ1v) is 6.69. The van der Waals surface area contributed by atoms with Gasteiger partial charge in [0.25, 0.3) is 5.56 Å². The third-order valence-electron chi connectivity index (χ3n) is 3.08. The number of para-hydroxylation sites is 1. The molecule has 0 saturated heterocycles. The second kappa shape index (κ2) is 4.63. The van der Waals surface area contributed by atoms with Crippen LogP contribution in [0, 0.1) is 6.92 Å². The molecule has 3 aromatic rings. The molecule has 0 radical (unpaired) electrons. The van der Waals surface area contributed by atoms with Gasteiger partial charge in [0.15, 0.2) is 0 Å². The molecule has 0 amide bonds. The summed E-state index contributed by atoms with van der Waals surface area (Å²) < 4.78 is 2.49. The van der Waals surface area contributed by atoms with Crippen LogP contribution in [0.2, 0.25) is 0 Å². The first kappa shape index (κ1) is 12.1. The minimum Gasteiger partial charge on any atom is -0.268 e. The summed E-state index contributed by atoms with van der Waals surface area (Å²) in [6.45, 7) is 1.96. The molecule has 0 saturated carbocycles. The van der Waals surface area contributed by atoms with Gasteiger partial charge in [-0.15, -0.1) is 0 Å². The summed E-state index contributed by atoms with van der Waals surface area (Å²) >= 11 is 3.41. The molecule has 0 aliphatic heterocycles. The Kier molecular flexibility index (Phi) is 2.95. The third-order valence-corrected chi connectivity index (χ3v) is 3.57. The number of aryl methyl sites for hydroxylation is 1. The predicted octanol–water partition coefficient (Wildman–Crippen LogP) is 3.46. The summed E-state index contributed by atoms with van der Waals surface area (Å²) in [6, 6.07) is 13.2. The second-order valence-corrected chi connectivity index (χ2v) is 5.29. The zero-order valence-corrected chi connectivity index (χ0v) is 11.9. The summed E-state index contributed by atoms with van der Waals surface area (Å²) in [5, 5.41) is 0.641. The fourth-order valence-corrected chi connectivity index (χ4v) is 2.50. The van der Waals surface area contributed by atoms with Crippen LogP contribution in [0.4, 0.5) is 0 Å². The van der Waals surface area contributed by atoms with E-state index in [0.29, 0.717) is 5.39 Å². The molecule has 0 N–H and O–H groups in total. The molecule has 0 atom stereocenters. The Balaban J connectivity index is 2.33. The molecule has 0 fully saturated rings. The fourth-order valence-electron chi connectivity index (χ4n) is 2.11. The normalized spacial score (nSPS) is 10.8. The SMILES string of the molecule is Cc1cccc2c(=O)n(-c3cccc(Br)c3)cnc12. The van der Waals surface area contributed by atoms with Gasteiger partial charge in [0.05, 0.1) is 16.6 Å². The zero-order chi connectivity index (χ0) is 13.4. The minimum atomic E-state index is -0.0493. The number of hydrogen-bond acceptors (Lipinski definition) is 2. The van der Waals surface area contributed by atoms with Crippen LogP contribution in [0.1, 0.15) is 5.56 Å². The monoisotopic (exact) mass is 314 g/mol. The predicted molar refractivity (Wildman–Crippen MR) is 79.8 cm³/mol. The Bertz CT molecular complexity index is 824. The Morgan fingerprint density at radius 2 is 1.95 bits per heavy atom. The number of hydrogen-bond donors (Lipinski definition) is 0. The maximum atomic E-state index is 12.5. The van der Waals surface area contributed by atoms with Crippen molar-refractivity contribution in [3.05, 3.63) is 69.2 Å². The largest absolute Gasteiger partial charge is 0.268 e. The number of halogens is 1. The van der Waals surface area contributed by atoms with E-state index in [4.69, 9.17) is 0 Å². The van der Waals surface area contributed by atoms with Gasteiger partial charge in [-0.05, 0) is 36.8 Å². The Labute approximate surface area is 118 Å². The van der Waals surface area contributed by atoms with Crippen LogP contribution in [0.5, 0.6) is 0 Å². The first-order valence-electron chi connectivity index (χ1n) is 5.90. The van der Waals surface area contributed by atoms with Gasteiger partial charge >= 0.3 is 0 Å². The Hall–Kier alpha value is -1.94. The van der Waals surface area contributed by atoms with Gasteiger partial charge in [-0.1, -0.05) is 34.1 Å². The lowest BCUT2D eigenvalue weighted by atomic mass is 10.1. The Morgan fingerprint density at radius 3 is 2.74 bits per heavy atom. The maximum absolute atomic E-state index is 12.5. The van der Waals surface area contributed by atoms with E-state index in [1.165, 1.54) is 0 Å². The molecule has 4 heteroatoms. The molecule has 1 aromatic heterocycles. The summed E-state index contributed by atoms with van der Waals surface area (Å²) in [6.07, 6.45) is 1.58. The highest BCUT2D eigenvalue weighted by molar-refractivity contribution is 9.10. The highest BCUT2D eigenvalue weighted by atomic mass is 79.9. The third kappa shape index (κ3) is 2.08. The van der Waals surface area contributed by atoms with Crippen molar-refractivity contribution in [2.75, 3.05) is 0 Å². The summed E-state index contributed by atoms with van der Waals surface area (Å²) in [5.74, 6) is 0. The lowest BCUT2D eigenvalue weighted by molar-refractivity contribution is 0.960. The number of rotatable bonds is 1. The number of aromatic nitrogens is 2.